The Morgan fingerprint density at radius 3 is 2.70 bits per heavy atom. The van der Waals surface area contributed by atoms with Crippen LogP contribution in [-0.2, 0) is 9.53 Å². The van der Waals surface area contributed by atoms with Crippen molar-refractivity contribution in [2.75, 3.05) is 5.75 Å². The molecule has 6 nitrogen and oxygen atoms in total. The van der Waals surface area contributed by atoms with E-state index in [1.165, 1.54) is 6.42 Å². The van der Waals surface area contributed by atoms with E-state index in [9.17, 15) is 9.59 Å². The van der Waals surface area contributed by atoms with Gasteiger partial charge in [-0.05, 0) is 37.5 Å². The Kier molecular flexibility index (Phi) is 4.02. The minimum absolute atomic E-state index is 0.00694. The minimum atomic E-state index is -0.279. The van der Waals surface area contributed by atoms with Crippen LogP contribution in [0.2, 0.25) is 0 Å². The standard InChI is InChI=1S/C16H23N3O3S/c1-9-13(21)17-14(19-18-9)23-8-12(20)22-11-7-10-5-6-16(11,4)15(10,2)3/h10-11H,5-8H2,1-4H3,(H,17,19,21)/t10-,11+,16-/m1/s1. The van der Waals surface area contributed by atoms with Crippen LogP contribution in [0.3, 0.4) is 0 Å². The van der Waals surface area contributed by atoms with Gasteiger partial charge in [0.2, 0.25) is 0 Å². The summed E-state index contributed by atoms with van der Waals surface area (Å²) in [4.78, 5) is 26.2. The third-order valence-electron chi connectivity index (χ3n) is 6.15. The van der Waals surface area contributed by atoms with Crippen LogP contribution in [0.15, 0.2) is 9.95 Å². The highest BCUT2D eigenvalue weighted by Gasteiger charge is 2.62. The van der Waals surface area contributed by atoms with E-state index in [2.05, 4.69) is 36.0 Å². The molecule has 1 N–H and O–H groups in total. The Balaban J connectivity index is 1.58. The summed E-state index contributed by atoms with van der Waals surface area (Å²) in [6, 6.07) is 0. The lowest BCUT2D eigenvalue weighted by atomic mass is 9.70. The quantitative estimate of drug-likeness (QED) is 0.670. The summed E-state index contributed by atoms with van der Waals surface area (Å²) in [5.41, 5.74) is 0.321. The zero-order valence-electron chi connectivity index (χ0n) is 14.0. The van der Waals surface area contributed by atoms with Crippen molar-refractivity contribution < 1.29 is 9.53 Å². The maximum atomic E-state index is 12.2. The molecule has 2 saturated carbocycles. The summed E-state index contributed by atoms with van der Waals surface area (Å²) in [5.74, 6) is 0.510. The van der Waals surface area contributed by atoms with E-state index < -0.39 is 0 Å². The zero-order chi connectivity index (χ0) is 16.8. The van der Waals surface area contributed by atoms with Crippen molar-refractivity contribution in [3.05, 3.63) is 16.0 Å². The first-order valence-corrected chi connectivity index (χ1v) is 8.98. The summed E-state index contributed by atoms with van der Waals surface area (Å²) in [6.07, 6.45) is 3.30. The maximum absolute atomic E-state index is 12.2. The number of aromatic nitrogens is 3. The molecule has 0 aliphatic heterocycles. The van der Waals surface area contributed by atoms with Crippen LogP contribution in [0.1, 0.15) is 45.7 Å². The van der Waals surface area contributed by atoms with Crippen LogP contribution >= 0.6 is 11.8 Å². The summed E-state index contributed by atoms with van der Waals surface area (Å²) >= 11 is 1.15. The van der Waals surface area contributed by atoms with Crippen LogP contribution in [0, 0.1) is 23.7 Å². The van der Waals surface area contributed by atoms with Gasteiger partial charge in [-0.15, -0.1) is 10.2 Å². The SMILES string of the molecule is Cc1nnc(SCC(=O)O[C@H]2C[C@H]3CC[C@@]2(C)C3(C)C)[nH]c1=O. The van der Waals surface area contributed by atoms with Crippen LogP contribution in [0.4, 0.5) is 0 Å². The highest BCUT2D eigenvalue weighted by Crippen LogP contribution is 2.66. The molecule has 1 aromatic rings. The Labute approximate surface area is 139 Å². The molecule has 0 unspecified atom stereocenters. The molecule has 1 heterocycles. The number of thioether (sulfide) groups is 1. The number of nitrogens with one attached hydrogen (secondary N) is 1. The third-order valence-corrected chi connectivity index (χ3v) is 6.99. The van der Waals surface area contributed by atoms with Gasteiger partial charge in [-0.25, -0.2) is 0 Å². The first kappa shape index (κ1) is 16.5. The van der Waals surface area contributed by atoms with Gasteiger partial charge in [-0.2, -0.15) is 0 Å². The number of esters is 1. The predicted molar refractivity (Wildman–Crippen MR) is 87.2 cm³/mol. The topological polar surface area (TPSA) is 84.9 Å². The molecule has 1 aromatic heterocycles. The Morgan fingerprint density at radius 1 is 1.39 bits per heavy atom. The first-order valence-electron chi connectivity index (χ1n) is 8.00. The summed E-state index contributed by atoms with van der Waals surface area (Å²) < 4.78 is 5.76. The van der Waals surface area contributed by atoms with Gasteiger partial charge >= 0.3 is 5.97 Å². The van der Waals surface area contributed by atoms with Gasteiger partial charge < -0.3 is 4.74 Å². The number of hydrogen-bond acceptors (Lipinski definition) is 6. The van der Waals surface area contributed by atoms with E-state index in [4.69, 9.17) is 4.74 Å². The van der Waals surface area contributed by atoms with Gasteiger partial charge in [0.1, 0.15) is 11.8 Å². The first-order chi connectivity index (χ1) is 10.7. The Morgan fingerprint density at radius 2 is 2.13 bits per heavy atom. The molecule has 3 atom stereocenters. The molecule has 0 amide bonds. The molecule has 2 fully saturated rings. The molecule has 2 aliphatic rings. The summed E-state index contributed by atoms with van der Waals surface area (Å²) in [6.45, 7) is 8.42. The Bertz CT molecular complexity index is 687. The van der Waals surface area contributed by atoms with Gasteiger partial charge in [-0.1, -0.05) is 32.5 Å². The lowest BCUT2D eigenvalue weighted by Gasteiger charge is -2.38. The van der Waals surface area contributed by atoms with E-state index in [1.54, 1.807) is 6.92 Å². The van der Waals surface area contributed by atoms with Crippen molar-refractivity contribution in [2.24, 2.45) is 16.7 Å². The second-order valence-electron chi connectivity index (χ2n) is 7.42. The molecule has 0 saturated heterocycles. The summed E-state index contributed by atoms with van der Waals surface area (Å²) in [7, 11) is 0. The second-order valence-corrected chi connectivity index (χ2v) is 8.39. The highest BCUT2D eigenvalue weighted by molar-refractivity contribution is 7.99. The number of carbonyl (C=O) groups excluding carboxylic acids is 1. The van der Waals surface area contributed by atoms with Crippen molar-refractivity contribution >= 4 is 17.7 Å². The van der Waals surface area contributed by atoms with Crippen LogP contribution < -0.4 is 5.56 Å². The van der Waals surface area contributed by atoms with Crippen LogP contribution in [-0.4, -0.2) is 33.0 Å². The van der Waals surface area contributed by atoms with Gasteiger partial charge in [0.15, 0.2) is 5.16 Å². The number of hydrogen-bond donors (Lipinski definition) is 1. The highest BCUT2D eigenvalue weighted by atomic mass is 32.2. The van der Waals surface area contributed by atoms with E-state index in [0.717, 1.165) is 24.6 Å². The smallest absolute Gasteiger partial charge is 0.316 e. The number of fused-ring (bicyclic) bond motifs is 2. The van der Waals surface area contributed by atoms with Crippen molar-refractivity contribution in [1.29, 1.82) is 0 Å². The number of nitrogens with zero attached hydrogens (tertiary/aromatic N) is 2. The molecule has 23 heavy (non-hydrogen) atoms. The van der Waals surface area contributed by atoms with E-state index in [1.807, 2.05) is 0 Å². The monoisotopic (exact) mass is 337 g/mol. The molecular formula is C16H23N3O3S. The van der Waals surface area contributed by atoms with Gasteiger partial charge in [0.05, 0.1) is 5.75 Å². The predicted octanol–water partition coefficient (Wildman–Crippen LogP) is 2.32. The fraction of sp³-hybridized carbons (Fsp3) is 0.750. The van der Waals surface area contributed by atoms with Crippen molar-refractivity contribution in [3.63, 3.8) is 0 Å². The lowest BCUT2D eigenvalue weighted by molar-refractivity contribution is -0.153. The number of carbonyl (C=O) groups is 1. The Hall–Kier alpha value is -1.37. The number of H-pyrrole nitrogens is 1. The number of aryl methyl sites for hydroxylation is 1. The number of aromatic amines is 1. The van der Waals surface area contributed by atoms with Crippen molar-refractivity contribution in [1.82, 2.24) is 15.2 Å². The minimum Gasteiger partial charge on any atom is -0.461 e. The third kappa shape index (κ3) is 2.69. The molecule has 7 heteroatoms. The molecule has 0 aromatic carbocycles. The molecular weight excluding hydrogens is 314 g/mol. The average molecular weight is 337 g/mol. The number of ether oxygens (including phenoxy) is 1. The maximum Gasteiger partial charge on any atom is 0.316 e. The number of rotatable bonds is 4. The lowest BCUT2D eigenvalue weighted by Crippen LogP contribution is -2.38. The average Bonchev–Trinajstić information content (AvgIpc) is 2.82. The van der Waals surface area contributed by atoms with E-state index in [0.29, 0.717) is 16.8 Å². The van der Waals surface area contributed by atoms with E-state index in [-0.39, 0.29) is 34.2 Å². The normalized spacial score (nSPS) is 31.3. The van der Waals surface area contributed by atoms with Crippen LogP contribution in [0.25, 0.3) is 0 Å². The van der Waals surface area contributed by atoms with E-state index >= 15 is 0 Å². The fourth-order valence-electron chi connectivity index (χ4n) is 4.07. The molecule has 3 rings (SSSR count). The molecule has 2 aliphatic carbocycles. The van der Waals surface area contributed by atoms with Crippen LogP contribution in [0.5, 0.6) is 0 Å². The van der Waals surface area contributed by atoms with Gasteiger partial charge in [0.25, 0.3) is 5.56 Å². The molecule has 0 spiro atoms. The van der Waals surface area contributed by atoms with Gasteiger partial charge in [0, 0.05) is 5.41 Å². The van der Waals surface area contributed by atoms with Gasteiger partial charge in [-0.3, -0.25) is 14.6 Å². The fourth-order valence-corrected chi connectivity index (χ4v) is 4.66. The molecule has 2 bridgehead atoms. The second kappa shape index (κ2) is 5.61. The van der Waals surface area contributed by atoms with Crippen molar-refractivity contribution in [3.8, 4) is 0 Å². The zero-order valence-corrected chi connectivity index (χ0v) is 14.8. The summed E-state index contributed by atoms with van der Waals surface area (Å²) in [5, 5.41) is 7.97. The largest absolute Gasteiger partial charge is 0.461 e. The molecule has 0 radical (unpaired) electrons. The molecule has 126 valence electrons. The van der Waals surface area contributed by atoms with Crippen molar-refractivity contribution in [2.45, 2.75) is 58.2 Å².